The number of thiazole rings is 1. The molecule has 37 heavy (non-hydrogen) atoms. The molecule has 1 aliphatic heterocycles. The molecule has 1 saturated heterocycles. The van der Waals surface area contributed by atoms with Crippen LogP contribution in [0.25, 0.3) is 0 Å². The molecule has 8 atom stereocenters. The third-order valence-corrected chi connectivity index (χ3v) is 10.9. The number of hydrogen-bond acceptors (Lipinski definition) is 8. The second-order valence-corrected chi connectivity index (χ2v) is 13.7. The zero-order valence-electron chi connectivity index (χ0n) is 22.3. The number of ether oxygens (including phenoxy) is 3. The predicted molar refractivity (Wildman–Crippen MR) is 136 cm³/mol. The molecule has 200 valence electrons. The molecule has 2 heterocycles. The Morgan fingerprint density at radius 2 is 1.92 bits per heavy atom. The number of aryl methyl sites for hydroxylation is 1. The molecule has 0 unspecified atom stereocenters. The van der Waals surface area contributed by atoms with E-state index in [0.717, 1.165) is 17.8 Å². The van der Waals surface area contributed by atoms with Crippen molar-refractivity contribution < 1.29 is 28.9 Å². The van der Waals surface area contributed by atoms with Gasteiger partial charge in [0.1, 0.15) is 11.0 Å². The number of carbonyl (C=O) groups excluding carboxylic acids is 2. The highest BCUT2D eigenvalue weighted by Gasteiger charge is 2.77. The molecule has 1 spiro atoms. The summed E-state index contributed by atoms with van der Waals surface area (Å²) in [6, 6.07) is 0. The molecule has 9 heteroatoms. The lowest BCUT2D eigenvalue weighted by Gasteiger charge is -2.52. The van der Waals surface area contributed by atoms with Crippen molar-refractivity contribution in [3.63, 3.8) is 0 Å². The number of H-pyrrole nitrogens is 1. The Labute approximate surface area is 220 Å². The fourth-order valence-electron chi connectivity index (χ4n) is 8.06. The summed E-state index contributed by atoms with van der Waals surface area (Å²) in [7, 11) is 0. The summed E-state index contributed by atoms with van der Waals surface area (Å²) in [4.78, 5) is 42.3. The van der Waals surface area contributed by atoms with Crippen molar-refractivity contribution in [1.29, 1.82) is 0 Å². The standard InChI is InChI=1S/C28H35NO7S/c1-12-10-27-13(2)8-17-18(25(17,4)5)16(20(27)30)9-15-11-34-26(6,7)36-22(15)28(27,33)21(12)35-23(31)19-14(3)29-24(32)37-19/h9-10,13,16-18,21-22,33H,8,11H2,1-7H3,(H,29,32)/t13-,16+,17-,18+,21+,22-,27+,28-/m1/s1. The summed E-state index contributed by atoms with van der Waals surface area (Å²) in [5.74, 6) is -1.84. The van der Waals surface area contributed by atoms with Gasteiger partial charge in [0, 0.05) is 11.6 Å². The van der Waals surface area contributed by atoms with E-state index in [0.29, 0.717) is 22.8 Å². The molecule has 2 saturated carbocycles. The van der Waals surface area contributed by atoms with Gasteiger partial charge in [-0.05, 0) is 68.4 Å². The molecule has 2 bridgehead atoms. The van der Waals surface area contributed by atoms with E-state index in [1.807, 2.05) is 19.1 Å². The number of aliphatic hydroxyl groups is 1. The number of nitrogens with one attached hydrogen (secondary N) is 1. The number of Topliss-reactive ketones (excluding diaryl/α,β-unsaturated/α-hetero) is 1. The quantitative estimate of drug-likeness (QED) is 0.445. The Balaban J connectivity index is 1.53. The average Bonchev–Trinajstić information content (AvgIpc) is 3.08. The van der Waals surface area contributed by atoms with Crippen LogP contribution in [0.5, 0.6) is 0 Å². The summed E-state index contributed by atoms with van der Waals surface area (Å²) in [6.07, 6.45) is 2.57. The fourth-order valence-corrected chi connectivity index (χ4v) is 8.78. The van der Waals surface area contributed by atoms with Gasteiger partial charge in [-0.2, -0.15) is 0 Å². The van der Waals surface area contributed by atoms with Gasteiger partial charge in [-0.1, -0.05) is 44.3 Å². The minimum absolute atomic E-state index is 0.0212. The topological polar surface area (TPSA) is 115 Å². The number of fused-ring (bicyclic) bond motifs is 5. The van der Waals surface area contributed by atoms with Gasteiger partial charge in [0.25, 0.3) is 0 Å². The SMILES string of the molecule is CC1=C[C@]23C(=O)[C@@H](C=C4COC(C)(C)O[C@H]4[C@]2(O)[C@H]1OC(=O)c1sc(=O)[nH]c1C)[C@H]1[C@@H](C[C@H]3C)C1(C)C. The van der Waals surface area contributed by atoms with Crippen LogP contribution in [0.3, 0.4) is 0 Å². The largest absolute Gasteiger partial charge is 0.450 e. The molecule has 2 N–H and O–H groups in total. The first-order chi connectivity index (χ1) is 17.1. The summed E-state index contributed by atoms with van der Waals surface area (Å²) < 4.78 is 18.5. The van der Waals surface area contributed by atoms with Crippen LogP contribution in [0.4, 0.5) is 0 Å². The Kier molecular flexibility index (Phi) is 5.13. The van der Waals surface area contributed by atoms with Gasteiger partial charge in [0.15, 0.2) is 23.3 Å². The van der Waals surface area contributed by atoms with E-state index in [9.17, 15) is 19.5 Å². The van der Waals surface area contributed by atoms with Gasteiger partial charge in [-0.15, -0.1) is 0 Å². The van der Waals surface area contributed by atoms with E-state index < -0.39 is 35.0 Å². The summed E-state index contributed by atoms with van der Waals surface area (Å²) in [5, 5.41) is 13.0. The maximum Gasteiger partial charge on any atom is 0.351 e. The van der Waals surface area contributed by atoms with E-state index >= 15 is 0 Å². The Morgan fingerprint density at radius 3 is 2.57 bits per heavy atom. The minimum atomic E-state index is -1.87. The number of aromatic nitrogens is 1. The predicted octanol–water partition coefficient (Wildman–Crippen LogP) is 3.54. The van der Waals surface area contributed by atoms with Crippen molar-refractivity contribution in [2.24, 2.45) is 34.5 Å². The highest BCUT2D eigenvalue weighted by Crippen LogP contribution is 2.72. The third kappa shape index (κ3) is 3.14. The van der Waals surface area contributed by atoms with Gasteiger partial charge < -0.3 is 24.3 Å². The number of esters is 1. The number of carbonyl (C=O) groups is 2. The van der Waals surface area contributed by atoms with Crippen LogP contribution < -0.4 is 4.87 Å². The van der Waals surface area contributed by atoms with E-state index in [1.54, 1.807) is 27.7 Å². The lowest BCUT2D eigenvalue weighted by atomic mass is 9.59. The number of ketones is 1. The summed E-state index contributed by atoms with van der Waals surface area (Å²) in [5.41, 5.74) is -1.42. The third-order valence-electron chi connectivity index (χ3n) is 9.91. The molecule has 0 aromatic carbocycles. The van der Waals surface area contributed by atoms with E-state index in [1.165, 1.54) is 0 Å². The van der Waals surface area contributed by atoms with Crippen LogP contribution in [-0.2, 0) is 19.0 Å². The van der Waals surface area contributed by atoms with Crippen LogP contribution in [0.15, 0.2) is 28.1 Å². The molecule has 0 radical (unpaired) electrons. The van der Waals surface area contributed by atoms with Gasteiger partial charge in [0.2, 0.25) is 0 Å². The maximum atomic E-state index is 14.7. The van der Waals surface area contributed by atoms with Crippen molar-refractivity contribution in [2.45, 2.75) is 78.5 Å². The Hall–Kier alpha value is -2.07. The first-order valence-electron chi connectivity index (χ1n) is 13.0. The second-order valence-electron chi connectivity index (χ2n) is 12.7. The van der Waals surface area contributed by atoms with Crippen molar-refractivity contribution in [3.05, 3.63) is 43.5 Å². The molecule has 1 aromatic heterocycles. The summed E-state index contributed by atoms with van der Waals surface area (Å²) >= 11 is 0.772. The lowest BCUT2D eigenvalue weighted by Crippen LogP contribution is -2.68. The van der Waals surface area contributed by atoms with Gasteiger partial charge in [0.05, 0.1) is 12.0 Å². The Morgan fingerprint density at radius 1 is 1.22 bits per heavy atom. The van der Waals surface area contributed by atoms with Crippen LogP contribution in [0, 0.1) is 41.4 Å². The van der Waals surface area contributed by atoms with Crippen LogP contribution in [0.2, 0.25) is 0 Å². The van der Waals surface area contributed by atoms with Crippen molar-refractivity contribution >= 4 is 23.1 Å². The number of aromatic amines is 1. The van der Waals surface area contributed by atoms with Crippen LogP contribution in [-0.4, -0.2) is 52.0 Å². The molecule has 1 aromatic rings. The molecule has 8 nitrogen and oxygen atoms in total. The zero-order chi connectivity index (χ0) is 26.9. The molecule has 6 rings (SSSR count). The van der Waals surface area contributed by atoms with Crippen molar-refractivity contribution in [2.75, 3.05) is 6.61 Å². The van der Waals surface area contributed by atoms with Crippen LogP contribution in [0.1, 0.15) is 63.3 Å². The van der Waals surface area contributed by atoms with Gasteiger partial charge in [-0.25, -0.2) is 4.79 Å². The molecule has 4 aliphatic carbocycles. The average molecular weight is 530 g/mol. The van der Waals surface area contributed by atoms with Crippen LogP contribution >= 0.6 is 11.3 Å². The van der Waals surface area contributed by atoms with Gasteiger partial charge in [-0.3, -0.25) is 9.59 Å². The highest BCUT2D eigenvalue weighted by molar-refractivity contribution is 7.11. The summed E-state index contributed by atoms with van der Waals surface area (Å²) in [6.45, 7) is 13.7. The smallest absolute Gasteiger partial charge is 0.351 e. The first-order valence-corrected chi connectivity index (χ1v) is 13.9. The van der Waals surface area contributed by atoms with E-state index in [2.05, 4.69) is 18.8 Å². The monoisotopic (exact) mass is 529 g/mol. The first kappa shape index (κ1) is 25.2. The minimum Gasteiger partial charge on any atom is -0.450 e. The van der Waals surface area contributed by atoms with E-state index in [4.69, 9.17) is 14.2 Å². The van der Waals surface area contributed by atoms with Gasteiger partial charge >= 0.3 is 10.8 Å². The number of allylic oxidation sites excluding steroid dienone is 1. The number of hydrogen-bond donors (Lipinski definition) is 2. The van der Waals surface area contributed by atoms with Crippen molar-refractivity contribution in [1.82, 2.24) is 4.98 Å². The zero-order valence-corrected chi connectivity index (χ0v) is 23.2. The Bertz CT molecular complexity index is 1330. The van der Waals surface area contributed by atoms with E-state index in [-0.39, 0.29) is 45.3 Å². The fraction of sp³-hybridized carbons (Fsp3) is 0.679. The lowest BCUT2D eigenvalue weighted by molar-refractivity contribution is -0.302. The highest BCUT2D eigenvalue weighted by atomic mass is 32.1. The molecule has 0 amide bonds. The molecule has 5 aliphatic rings. The number of rotatable bonds is 2. The maximum absolute atomic E-state index is 14.7. The molecular weight excluding hydrogens is 494 g/mol. The normalized spacial score (nSPS) is 42.9. The van der Waals surface area contributed by atoms with Crippen molar-refractivity contribution in [3.8, 4) is 0 Å². The second kappa shape index (κ2) is 7.52. The molecular formula is C28H35NO7S. The molecule has 3 fully saturated rings.